The van der Waals surface area contributed by atoms with E-state index < -0.39 is 6.04 Å². The van der Waals surface area contributed by atoms with E-state index in [0.717, 1.165) is 5.56 Å². The lowest BCUT2D eigenvalue weighted by atomic mass is 10.1. The Morgan fingerprint density at radius 3 is 2.76 bits per heavy atom. The van der Waals surface area contributed by atoms with Gasteiger partial charge in [-0.25, -0.2) is 4.79 Å². The predicted octanol–water partition coefficient (Wildman–Crippen LogP) is 1.17. The first-order chi connectivity index (χ1) is 8.04. The molecule has 1 aromatic carbocycles. The second-order valence-corrected chi connectivity index (χ2v) is 4.35. The molecule has 2 rings (SSSR count). The van der Waals surface area contributed by atoms with Gasteiger partial charge in [-0.3, -0.25) is 4.57 Å². The lowest BCUT2D eigenvalue weighted by Gasteiger charge is -2.10. The van der Waals surface area contributed by atoms with E-state index in [2.05, 4.69) is 0 Å². The predicted molar refractivity (Wildman–Crippen MR) is 64.9 cm³/mol. The summed E-state index contributed by atoms with van der Waals surface area (Å²) in [6, 6.07) is 4.84. The zero-order chi connectivity index (χ0) is 12.6. The van der Waals surface area contributed by atoms with Gasteiger partial charge in [0.25, 0.3) is 0 Å². The first-order valence-electron chi connectivity index (χ1n) is 5.56. The van der Waals surface area contributed by atoms with Crippen molar-refractivity contribution in [2.24, 2.45) is 5.73 Å². The van der Waals surface area contributed by atoms with Crippen LogP contribution in [-0.4, -0.2) is 16.3 Å². The number of fused-ring (bicyclic) bond motifs is 1. The van der Waals surface area contributed by atoms with E-state index in [1.807, 2.05) is 13.8 Å². The van der Waals surface area contributed by atoms with E-state index in [-0.39, 0.29) is 18.4 Å². The molecule has 0 aliphatic heterocycles. The maximum absolute atomic E-state index is 11.6. The highest BCUT2D eigenvalue weighted by molar-refractivity contribution is 5.74. The summed E-state index contributed by atoms with van der Waals surface area (Å²) in [7, 11) is 0. The lowest BCUT2D eigenvalue weighted by Crippen LogP contribution is -2.17. The first-order valence-corrected chi connectivity index (χ1v) is 5.56. The number of benzene rings is 1. The summed E-state index contributed by atoms with van der Waals surface area (Å²) in [5.74, 6) is -0.371. The van der Waals surface area contributed by atoms with E-state index in [1.54, 1.807) is 22.8 Å². The molecule has 0 spiro atoms. The number of aliphatic hydroxyl groups is 1. The van der Waals surface area contributed by atoms with Crippen LogP contribution in [0.3, 0.4) is 0 Å². The molecule has 2 aromatic rings. The van der Waals surface area contributed by atoms with Gasteiger partial charge in [0.1, 0.15) is 0 Å². The van der Waals surface area contributed by atoms with Crippen molar-refractivity contribution in [3.63, 3.8) is 0 Å². The minimum atomic E-state index is -0.440. The van der Waals surface area contributed by atoms with Crippen molar-refractivity contribution in [2.45, 2.75) is 25.9 Å². The van der Waals surface area contributed by atoms with Gasteiger partial charge < -0.3 is 15.3 Å². The molecule has 92 valence electrons. The third-order valence-corrected chi connectivity index (χ3v) is 2.78. The Bertz CT molecular complexity index is 583. The molecule has 1 unspecified atom stereocenters. The van der Waals surface area contributed by atoms with Crippen molar-refractivity contribution < 1.29 is 9.52 Å². The van der Waals surface area contributed by atoms with Crippen LogP contribution in [0.25, 0.3) is 11.1 Å². The molecule has 1 aromatic heterocycles. The molecule has 0 amide bonds. The van der Waals surface area contributed by atoms with Crippen LogP contribution >= 0.6 is 0 Å². The van der Waals surface area contributed by atoms with Gasteiger partial charge in [-0.2, -0.15) is 0 Å². The van der Waals surface area contributed by atoms with Gasteiger partial charge in [-0.15, -0.1) is 0 Å². The fraction of sp³-hybridized carbons (Fsp3) is 0.417. The SMILES string of the molecule is CC(C)n1c(=O)oc2ccc(C(N)CO)cc21. The molecule has 0 bridgehead atoms. The van der Waals surface area contributed by atoms with Crippen molar-refractivity contribution in [3.8, 4) is 0 Å². The fourth-order valence-corrected chi connectivity index (χ4v) is 1.88. The normalized spacial score (nSPS) is 13.5. The van der Waals surface area contributed by atoms with Gasteiger partial charge in [-0.05, 0) is 31.5 Å². The molecule has 5 heteroatoms. The zero-order valence-corrected chi connectivity index (χ0v) is 9.88. The highest BCUT2D eigenvalue weighted by atomic mass is 16.4. The Morgan fingerprint density at radius 2 is 2.18 bits per heavy atom. The van der Waals surface area contributed by atoms with Crippen LogP contribution in [0.5, 0.6) is 0 Å². The Kier molecular flexibility index (Phi) is 3.04. The highest BCUT2D eigenvalue weighted by Gasteiger charge is 2.14. The van der Waals surface area contributed by atoms with Crippen LogP contribution in [0, 0.1) is 0 Å². The minimum Gasteiger partial charge on any atom is -0.408 e. The molecular weight excluding hydrogens is 220 g/mol. The molecule has 0 aliphatic rings. The van der Waals surface area contributed by atoms with E-state index >= 15 is 0 Å². The number of hydrogen-bond acceptors (Lipinski definition) is 4. The van der Waals surface area contributed by atoms with Crippen LogP contribution in [0.2, 0.25) is 0 Å². The number of nitrogens with zero attached hydrogens (tertiary/aromatic N) is 1. The highest BCUT2D eigenvalue weighted by Crippen LogP contribution is 2.21. The van der Waals surface area contributed by atoms with Crippen LogP contribution in [0.4, 0.5) is 0 Å². The van der Waals surface area contributed by atoms with Gasteiger partial charge in [0.05, 0.1) is 18.2 Å². The molecule has 3 N–H and O–H groups in total. The first kappa shape index (κ1) is 11.9. The Balaban J connectivity index is 2.66. The molecular formula is C12H16N2O3. The van der Waals surface area contributed by atoms with Crippen molar-refractivity contribution in [1.82, 2.24) is 4.57 Å². The maximum atomic E-state index is 11.6. The molecule has 0 saturated carbocycles. The van der Waals surface area contributed by atoms with Crippen LogP contribution < -0.4 is 11.5 Å². The third kappa shape index (κ3) is 1.99. The number of hydrogen-bond donors (Lipinski definition) is 2. The molecule has 5 nitrogen and oxygen atoms in total. The van der Waals surface area contributed by atoms with Crippen LogP contribution in [0.1, 0.15) is 31.5 Å². The van der Waals surface area contributed by atoms with E-state index in [4.69, 9.17) is 15.3 Å². The zero-order valence-electron chi connectivity index (χ0n) is 9.88. The number of oxazole rings is 1. The number of nitrogens with two attached hydrogens (primary N) is 1. The molecule has 1 heterocycles. The summed E-state index contributed by atoms with van der Waals surface area (Å²) in [5, 5.41) is 9.03. The maximum Gasteiger partial charge on any atom is 0.420 e. The van der Waals surface area contributed by atoms with Crippen molar-refractivity contribution in [3.05, 3.63) is 34.3 Å². The largest absolute Gasteiger partial charge is 0.420 e. The molecule has 0 radical (unpaired) electrons. The van der Waals surface area contributed by atoms with E-state index in [9.17, 15) is 4.79 Å². The van der Waals surface area contributed by atoms with Gasteiger partial charge in [-0.1, -0.05) is 6.07 Å². The molecule has 0 fully saturated rings. The number of aromatic nitrogens is 1. The van der Waals surface area contributed by atoms with Crippen molar-refractivity contribution >= 4 is 11.1 Å². The standard InChI is InChI=1S/C12H16N2O3/c1-7(2)14-10-5-8(9(13)6-15)3-4-11(10)17-12(14)16/h3-5,7,9,15H,6,13H2,1-2H3. The third-order valence-electron chi connectivity index (χ3n) is 2.78. The van der Waals surface area contributed by atoms with Crippen molar-refractivity contribution in [1.29, 1.82) is 0 Å². The average molecular weight is 236 g/mol. The second kappa shape index (κ2) is 4.35. The molecule has 1 atom stereocenters. The molecule has 0 aliphatic carbocycles. The monoisotopic (exact) mass is 236 g/mol. The number of rotatable bonds is 3. The molecule has 0 saturated heterocycles. The Hall–Kier alpha value is -1.59. The summed E-state index contributed by atoms with van der Waals surface area (Å²) in [5.41, 5.74) is 7.79. The quantitative estimate of drug-likeness (QED) is 0.838. The van der Waals surface area contributed by atoms with Gasteiger partial charge in [0.15, 0.2) is 5.58 Å². The Morgan fingerprint density at radius 1 is 1.47 bits per heavy atom. The second-order valence-electron chi connectivity index (χ2n) is 4.35. The summed E-state index contributed by atoms with van der Waals surface area (Å²) in [4.78, 5) is 11.6. The smallest absolute Gasteiger partial charge is 0.408 e. The fourth-order valence-electron chi connectivity index (χ4n) is 1.88. The van der Waals surface area contributed by atoms with Crippen LogP contribution in [-0.2, 0) is 0 Å². The minimum absolute atomic E-state index is 0.0179. The lowest BCUT2D eigenvalue weighted by molar-refractivity contribution is 0.268. The average Bonchev–Trinajstić information content (AvgIpc) is 2.62. The Labute approximate surface area is 98.5 Å². The number of aliphatic hydroxyl groups excluding tert-OH is 1. The summed E-state index contributed by atoms with van der Waals surface area (Å²) in [6.07, 6.45) is 0. The molecule has 17 heavy (non-hydrogen) atoms. The van der Waals surface area contributed by atoms with Crippen molar-refractivity contribution in [2.75, 3.05) is 6.61 Å². The van der Waals surface area contributed by atoms with Gasteiger partial charge in [0.2, 0.25) is 0 Å². The van der Waals surface area contributed by atoms with Gasteiger partial charge in [0, 0.05) is 6.04 Å². The van der Waals surface area contributed by atoms with Crippen LogP contribution in [0.15, 0.2) is 27.4 Å². The topological polar surface area (TPSA) is 81.4 Å². The summed E-state index contributed by atoms with van der Waals surface area (Å²) in [6.45, 7) is 3.69. The van der Waals surface area contributed by atoms with E-state index in [1.165, 1.54) is 0 Å². The summed E-state index contributed by atoms with van der Waals surface area (Å²) < 4.78 is 6.71. The van der Waals surface area contributed by atoms with Gasteiger partial charge >= 0.3 is 5.76 Å². The summed E-state index contributed by atoms with van der Waals surface area (Å²) >= 11 is 0. The van der Waals surface area contributed by atoms with E-state index in [0.29, 0.717) is 11.1 Å².